The van der Waals surface area contributed by atoms with Gasteiger partial charge in [-0.05, 0) is 86.3 Å². The van der Waals surface area contributed by atoms with Crippen molar-refractivity contribution in [2.45, 2.75) is 88.9 Å². The molecule has 0 radical (unpaired) electrons. The molecule has 1 amide bonds. The lowest BCUT2D eigenvalue weighted by Gasteiger charge is -2.40. The number of aryl methyl sites for hydroxylation is 1. The summed E-state index contributed by atoms with van der Waals surface area (Å²) in [7, 11) is 3.10. The molecule has 2 aliphatic rings. The monoisotopic (exact) mass is 639 g/mol. The fourth-order valence-corrected chi connectivity index (χ4v) is 6.60. The number of carboxylic acid groups (broad SMARTS) is 1. The summed E-state index contributed by atoms with van der Waals surface area (Å²) in [5.41, 5.74) is -0.235. The third-order valence-electron chi connectivity index (χ3n) is 9.15. The van der Waals surface area contributed by atoms with E-state index in [-0.39, 0.29) is 18.9 Å². The predicted molar refractivity (Wildman–Crippen MR) is 168 cm³/mol. The van der Waals surface area contributed by atoms with Crippen molar-refractivity contribution in [3.8, 4) is 17.2 Å². The molecule has 11 heteroatoms. The summed E-state index contributed by atoms with van der Waals surface area (Å²) in [5.74, 6) is -2.30. The molecule has 0 aromatic heterocycles. The number of ketones is 1. The molecule has 2 aromatic rings. The molecule has 2 aromatic carbocycles. The first-order valence-electron chi connectivity index (χ1n) is 16.0. The van der Waals surface area contributed by atoms with Crippen LogP contribution in [-0.4, -0.2) is 77.8 Å². The quantitative estimate of drug-likeness (QED) is 0.221. The fraction of sp³-hybridized carbons (Fsp3) is 0.543. The Morgan fingerprint density at radius 3 is 2.46 bits per heavy atom. The molecule has 1 saturated carbocycles. The number of carbonyl (C=O) groups excluding carboxylic acids is 3. The van der Waals surface area contributed by atoms with Gasteiger partial charge in [0.1, 0.15) is 23.5 Å². The first-order chi connectivity index (χ1) is 22.1. The lowest BCUT2D eigenvalue weighted by molar-refractivity contribution is -0.169. The number of ether oxygens (including phenoxy) is 4. The first-order valence-corrected chi connectivity index (χ1v) is 16.0. The van der Waals surface area contributed by atoms with E-state index in [0.717, 1.165) is 12.0 Å². The largest absolute Gasteiger partial charge is 0.493 e. The van der Waals surface area contributed by atoms with Crippen LogP contribution in [0, 0.1) is 5.92 Å². The Morgan fingerprint density at radius 2 is 1.74 bits per heavy atom. The van der Waals surface area contributed by atoms with Gasteiger partial charge in [-0.3, -0.25) is 9.59 Å². The van der Waals surface area contributed by atoms with Crippen LogP contribution in [0.5, 0.6) is 17.2 Å². The topological polar surface area (TPSA) is 149 Å². The summed E-state index contributed by atoms with van der Waals surface area (Å²) in [6.07, 6.45) is 4.73. The predicted octanol–water partition coefficient (Wildman–Crippen LogP) is 4.67. The Kier molecular flexibility index (Phi) is 12.0. The zero-order valence-corrected chi connectivity index (χ0v) is 26.9. The van der Waals surface area contributed by atoms with Crippen molar-refractivity contribution in [2.24, 2.45) is 5.92 Å². The number of piperidine rings is 1. The van der Waals surface area contributed by atoms with Crippen molar-refractivity contribution in [3.05, 3.63) is 53.6 Å². The molecule has 11 nitrogen and oxygen atoms in total. The van der Waals surface area contributed by atoms with E-state index >= 15 is 0 Å². The molecule has 1 unspecified atom stereocenters. The van der Waals surface area contributed by atoms with E-state index in [2.05, 4.69) is 0 Å². The molecule has 1 aliphatic heterocycles. The first kappa shape index (κ1) is 34.7. The molecule has 46 heavy (non-hydrogen) atoms. The van der Waals surface area contributed by atoms with Gasteiger partial charge in [0.15, 0.2) is 18.1 Å². The van der Waals surface area contributed by atoms with Crippen LogP contribution in [0.25, 0.3) is 0 Å². The number of hydrogen-bond donors (Lipinski definition) is 2. The Morgan fingerprint density at radius 1 is 0.978 bits per heavy atom. The third kappa shape index (κ3) is 8.17. The summed E-state index contributed by atoms with van der Waals surface area (Å²) < 4.78 is 22.3. The standard InChI is InChI=1S/C35H45NO10/c1-4-25-11-5-7-18-35(25,42)32(39)33(40)36-19-8-6-13-27(36)34(41)46-28(24-10-9-12-26(21-24)45-22-31(37)38)16-14-23-15-17-29(43-2)30(20-23)44-3/h9-10,12,15,17,20-21,25,27-28,42H,4-8,11,13-14,16,18-19,22H2,1-3H3,(H,37,38)/t25-,27?,28-,35+/m1/s1. The maximum atomic E-state index is 13.9. The number of hydrogen-bond acceptors (Lipinski definition) is 9. The molecule has 1 aliphatic carbocycles. The summed E-state index contributed by atoms with van der Waals surface area (Å²) in [5, 5.41) is 20.5. The van der Waals surface area contributed by atoms with E-state index in [9.17, 15) is 24.3 Å². The number of benzene rings is 2. The van der Waals surface area contributed by atoms with Crippen molar-refractivity contribution in [2.75, 3.05) is 27.4 Å². The van der Waals surface area contributed by atoms with Crippen LogP contribution in [0.3, 0.4) is 0 Å². The Labute approximate surface area is 269 Å². The molecule has 1 saturated heterocycles. The second kappa shape index (κ2) is 15.9. The van der Waals surface area contributed by atoms with Crippen molar-refractivity contribution >= 4 is 23.6 Å². The summed E-state index contributed by atoms with van der Waals surface area (Å²) >= 11 is 0. The second-order valence-corrected chi connectivity index (χ2v) is 12.0. The van der Waals surface area contributed by atoms with Crippen LogP contribution in [-0.2, 0) is 30.3 Å². The van der Waals surface area contributed by atoms with Crippen LogP contribution < -0.4 is 14.2 Å². The van der Waals surface area contributed by atoms with Gasteiger partial charge >= 0.3 is 11.9 Å². The van der Waals surface area contributed by atoms with Crippen molar-refractivity contribution in [1.29, 1.82) is 0 Å². The lowest BCUT2D eigenvalue weighted by Crippen LogP contribution is -2.58. The maximum absolute atomic E-state index is 13.9. The summed E-state index contributed by atoms with van der Waals surface area (Å²) in [4.78, 5) is 53.4. The SMILES string of the molecule is CC[C@@H]1CCCC[C@@]1(O)C(=O)C(=O)N1CCCCC1C(=O)O[C@H](CCc1ccc(OC)c(OC)c1)c1cccc(OCC(=O)O)c1. The van der Waals surface area contributed by atoms with Gasteiger partial charge in [-0.25, -0.2) is 9.59 Å². The molecule has 1 heterocycles. The van der Waals surface area contributed by atoms with Gasteiger partial charge in [-0.2, -0.15) is 0 Å². The molecule has 2 fully saturated rings. The molecule has 4 atom stereocenters. The fourth-order valence-electron chi connectivity index (χ4n) is 6.60. The van der Waals surface area contributed by atoms with E-state index < -0.39 is 48.0 Å². The van der Waals surface area contributed by atoms with Gasteiger partial charge in [0.2, 0.25) is 0 Å². The highest BCUT2D eigenvalue weighted by molar-refractivity contribution is 6.39. The minimum Gasteiger partial charge on any atom is -0.493 e. The number of rotatable bonds is 14. The average molecular weight is 640 g/mol. The third-order valence-corrected chi connectivity index (χ3v) is 9.15. The van der Waals surface area contributed by atoms with Gasteiger partial charge in [0.05, 0.1) is 14.2 Å². The van der Waals surface area contributed by atoms with Crippen LogP contribution in [0.2, 0.25) is 0 Å². The van der Waals surface area contributed by atoms with Gasteiger partial charge in [-0.1, -0.05) is 44.4 Å². The number of nitrogens with zero attached hydrogens (tertiary/aromatic N) is 1. The normalized spacial score (nSPS) is 22.0. The number of carbonyl (C=O) groups is 4. The molecule has 250 valence electrons. The van der Waals surface area contributed by atoms with E-state index in [1.807, 2.05) is 19.1 Å². The number of amides is 1. The van der Waals surface area contributed by atoms with E-state index in [0.29, 0.717) is 74.2 Å². The number of aliphatic hydroxyl groups is 1. The maximum Gasteiger partial charge on any atom is 0.341 e. The van der Waals surface area contributed by atoms with E-state index in [1.54, 1.807) is 44.6 Å². The van der Waals surface area contributed by atoms with E-state index in [1.165, 1.54) is 4.90 Å². The number of carboxylic acids is 1. The molecule has 0 spiro atoms. The van der Waals surface area contributed by atoms with Crippen molar-refractivity contribution < 1.29 is 48.3 Å². The number of methoxy groups -OCH3 is 2. The van der Waals surface area contributed by atoms with Crippen LogP contribution in [0.4, 0.5) is 0 Å². The molecule has 0 bridgehead atoms. The van der Waals surface area contributed by atoms with Gasteiger partial charge in [0, 0.05) is 6.54 Å². The van der Waals surface area contributed by atoms with Crippen LogP contribution in [0.1, 0.15) is 81.9 Å². The molecular weight excluding hydrogens is 594 g/mol. The number of likely N-dealkylation sites (tertiary alicyclic amines) is 1. The van der Waals surface area contributed by atoms with Crippen molar-refractivity contribution in [1.82, 2.24) is 4.90 Å². The zero-order valence-electron chi connectivity index (χ0n) is 26.9. The highest BCUT2D eigenvalue weighted by Crippen LogP contribution is 2.38. The summed E-state index contributed by atoms with van der Waals surface area (Å²) in [6, 6.07) is 11.2. The molecule has 4 rings (SSSR count). The number of Topliss-reactive ketones (excluding diaryl/α,β-unsaturated/α-hetero) is 1. The second-order valence-electron chi connectivity index (χ2n) is 12.0. The van der Waals surface area contributed by atoms with E-state index in [4.69, 9.17) is 24.1 Å². The lowest BCUT2D eigenvalue weighted by atomic mass is 9.71. The average Bonchev–Trinajstić information content (AvgIpc) is 3.08. The number of esters is 1. The van der Waals surface area contributed by atoms with Crippen LogP contribution >= 0.6 is 0 Å². The van der Waals surface area contributed by atoms with Crippen molar-refractivity contribution in [3.63, 3.8) is 0 Å². The molecular formula is C35H45NO10. The summed E-state index contributed by atoms with van der Waals surface area (Å²) in [6.45, 7) is 1.59. The molecule has 2 N–H and O–H groups in total. The highest BCUT2D eigenvalue weighted by Gasteiger charge is 2.50. The Balaban J connectivity index is 1.57. The van der Waals surface area contributed by atoms with Gasteiger partial charge in [0.25, 0.3) is 11.7 Å². The van der Waals surface area contributed by atoms with Gasteiger partial charge < -0.3 is 34.1 Å². The smallest absolute Gasteiger partial charge is 0.341 e. The highest BCUT2D eigenvalue weighted by atomic mass is 16.5. The van der Waals surface area contributed by atoms with Crippen LogP contribution in [0.15, 0.2) is 42.5 Å². The zero-order chi connectivity index (χ0) is 33.3. The van der Waals surface area contributed by atoms with Gasteiger partial charge in [-0.15, -0.1) is 0 Å². The Hall–Kier alpha value is -4.12. The Bertz CT molecular complexity index is 1390. The number of aliphatic carboxylic acids is 1. The minimum atomic E-state index is -1.73. The minimum absolute atomic E-state index is 0.214.